The average Bonchev–Trinajstić information content (AvgIpc) is 2.60. The average molecular weight is 309 g/mol. The Balaban J connectivity index is 2.19. The molecule has 2 aromatic rings. The lowest BCUT2D eigenvalue weighted by atomic mass is 10.1. The van der Waals surface area contributed by atoms with Crippen molar-refractivity contribution in [1.29, 1.82) is 0 Å². The van der Waals surface area contributed by atoms with Gasteiger partial charge in [-0.2, -0.15) is 0 Å². The molecule has 2 nitrogen and oxygen atoms in total. The van der Waals surface area contributed by atoms with Gasteiger partial charge in [0, 0.05) is 19.1 Å². The van der Waals surface area contributed by atoms with E-state index in [4.69, 9.17) is 5.11 Å². The van der Waals surface area contributed by atoms with E-state index in [0.717, 1.165) is 25.9 Å². The fraction of sp³-hybridized carbons (Fsp3) is 0.333. The van der Waals surface area contributed by atoms with Crippen molar-refractivity contribution in [2.45, 2.75) is 38.9 Å². The Hall–Kier alpha value is -1.90. The first kappa shape index (κ1) is 17.5. The molecule has 0 saturated carbocycles. The maximum absolute atomic E-state index is 9.14. The van der Waals surface area contributed by atoms with Gasteiger partial charge >= 0.3 is 0 Å². The van der Waals surface area contributed by atoms with Crippen molar-refractivity contribution in [2.24, 2.45) is 0 Å². The molecule has 0 aliphatic carbocycles. The molecule has 1 atom stereocenters. The molecule has 2 rings (SSSR count). The van der Waals surface area contributed by atoms with Crippen molar-refractivity contribution in [2.75, 3.05) is 6.61 Å². The predicted octanol–water partition coefficient (Wildman–Crippen LogP) is 4.41. The van der Waals surface area contributed by atoms with Gasteiger partial charge in [-0.15, -0.1) is 0 Å². The monoisotopic (exact) mass is 309 g/mol. The second kappa shape index (κ2) is 9.98. The highest BCUT2D eigenvalue weighted by atomic mass is 16.2. The van der Waals surface area contributed by atoms with E-state index in [-0.39, 0.29) is 6.61 Å². The molecule has 0 heterocycles. The second-order valence-corrected chi connectivity index (χ2v) is 5.84. The summed E-state index contributed by atoms with van der Waals surface area (Å²) >= 11 is 0. The molecule has 0 aliphatic rings. The maximum atomic E-state index is 9.14. The van der Waals surface area contributed by atoms with Gasteiger partial charge in [0.25, 0.3) is 0 Å². The molecule has 1 N–H and O–H groups in total. The summed E-state index contributed by atoms with van der Waals surface area (Å²) in [5.74, 6) is 0. The van der Waals surface area contributed by atoms with E-state index < -0.39 is 0 Å². The minimum Gasteiger partial charge on any atom is -0.392 e. The molecule has 0 aromatic heterocycles. The lowest BCUT2D eigenvalue weighted by Crippen LogP contribution is -2.33. The first-order valence-electron chi connectivity index (χ1n) is 8.43. The van der Waals surface area contributed by atoms with Crippen LogP contribution < -0.4 is 0 Å². The Labute approximate surface area is 140 Å². The van der Waals surface area contributed by atoms with Crippen molar-refractivity contribution in [3.8, 4) is 0 Å². The molecule has 0 bridgehead atoms. The summed E-state index contributed by atoms with van der Waals surface area (Å²) in [5, 5.41) is 9.14. The molecule has 0 amide bonds. The molecular formula is C21H27NO. The van der Waals surface area contributed by atoms with E-state index in [1.807, 2.05) is 6.08 Å². The van der Waals surface area contributed by atoms with Gasteiger partial charge in [-0.05, 0) is 17.5 Å². The molecule has 0 fully saturated rings. The summed E-state index contributed by atoms with van der Waals surface area (Å²) in [4.78, 5) is 2.49. The summed E-state index contributed by atoms with van der Waals surface area (Å²) in [7, 11) is 0. The Morgan fingerprint density at radius 2 is 1.43 bits per heavy atom. The van der Waals surface area contributed by atoms with E-state index in [2.05, 4.69) is 78.6 Å². The fourth-order valence-electron chi connectivity index (χ4n) is 2.84. The van der Waals surface area contributed by atoms with E-state index in [0.29, 0.717) is 6.04 Å². The zero-order valence-corrected chi connectivity index (χ0v) is 13.9. The van der Waals surface area contributed by atoms with Crippen molar-refractivity contribution in [3.63, 3.8) is 0 Å². The normalized spacial score (nSPS) is 12.8. The Bertz CT molecular complexity index is 523. The zero-order valence-electron chi connectivity index (χ0n) is 13.9. The van der Waals surface area contributed by atoms with Gasteiger partial charge in [-0.25, -0.2) is 0 Å². The molecule has 2 aromatic carbocycles. The molecule has 0 radical (unpaired) electrons. The quantitative estimate of drug-likeness (QED) is 0.694. The van der Waals surface area contributed by atoms with Crippen LogP contribution in [-0.4, -0.2) is 22.7 Å². The van der Waals surface area contributed by atoms with E-state index >= 15 is 0 Å². The third kappa shape index (κ3) is 6.01. The second-order valence-electron chi connectivity index (χ2n) is 5.84. The van der Waals surface area contributed by atoms with Crippen LogP contribution in [0.2, 0.25) is 0 Å². The van der Waals surface area contributed by atoms with Gasteiger partial charge in [0.2, 0.25) is 0 Å². The van der Waals surface area contributed by atoms with Gasteiger partial charge in [-0.1, -0.05) is 86.2 Å². The van der Waals surface area contributed by atoms with Crippen molar-refractivity contribution < 1.29 is 5.11 Å². The summed E-state index contributed by atoms with van der Waals surface area (Å²) < 4.78 is 0. The fourth-order valence-corrected chi connectivity index (χ4v) is 2.84. The predicted molar refractivity (Wildman–Crippen MR) is 97.1 cm³/mol. The van der Waals surface area contributed by atoms with Crippen LogP contribution in [0.1, 0.15) is 30.9 Å². The van der Waals surface area contributed by atoms with Crippen LogP contribution in [0.25, 0.3) is 0 Å². The highest BCUT2D eigenvalue weighted by molar-refractivity contribution is 5.18. The molecule has 2 heteroatoms. The summed E-state index contributed by atoms with van der Waals surface area (Å²) in [6, 6.07) is 21.5. The molecule has 0 spiro atoms. The third-order valence-corrected chi connectivity index (χ3v) is 3.97. The van der Waals surface area contributed by atoms with Gasteiger partial charge in [0.05, 0.1) is 6.61 Å². The topological polar surface area (TPSA) is 23.5 Å². The maximum Gasteiger partial charge on any atom is 0.0612 e. The summed E-state index contributed by atoms with van der Waals surface area (Å²) in [6.07, 6.45) is 6.23. The van der Waals surface area contributed by atoms with Crippen molar-refractivity contribution in [1.82, 2.24) is 4.90 Å². The number of aliphatic hydroxyl groups excluding tert-OH is 1. The van der Waals surface area contributed by atoms with Crippen LogP contribution >= 0.6 is 0 Å². The van der Waals surface area contributed by atoms with Gasteiger partial charge in [0.1, 0.15) is 0 Å². The molecule has 0 saturated heterocycles. The van der Waals surface area contributed by atoms with E-state index in [9.17, 15) is 0 Å². The number of hydrogen-bond donors (Lipinski definition) is 1. The molecule has 23 heavy (non-hydrogen) atoms. The van der Waals surface area contributed by atoms with E-state index in [1.165, 1.54) is 11.1 Å². The first-order valence-corrected chi connectivity index (χ1v) is 8.43. The highest BCUT2D eigenvalue weighted by Gasteiger charge is 2.16. The van der Waals surface area contributed by atoms with Crippen LogP contribution in [0.15, 0.2) is 72.8 Å². The third-order valence-electron chi connectivity index (χ3n) is 3.97. The van der Waals surface area contributed by atoms with Crippen LogP contribution in [0.5, 0.6) is 0 Å². The van der Waals surface area contributed by atoms with Crippen LogP contribution in [0.4, 0.5) is 0 Å². The van der Waals surface area contributed by atoms with Crippen LogP contribution in [0.3, 0.4) is 0 Å². The highest BCUT2D eigenvalue weighted by Crippen LogP contribution is 2.17. The SMILES string of the molecule is CCCC(/C=C/CO)N(Cc1ccccc1)Cc1ccccc1. The number of nitrogens with zero attached hydrogens (tertiary/aromatic N) is 1. The Morgan fingerprint density at radius 1 is 0.913 bits per heavy atom. The first-order chi connectivity index (χ1) is 11.3. The lowest BCUT2D eigenvalue weighted by Gasteiger charge is -2.30. The van der Waals surface area contributed by atoms with Crippen LogP contribution in [-0.2, 0) is 13.1 Å². The smallest absolute Gasteiger partial charge is 0.0612 e. The van der Waals surface area contributed by atoms with Gasteiger partial charge in [0.15, 0.2) is 0 Å². The van der Waals surface area contributed by atoms with Gasteiger partial charge < -0.3 is 5.11 Å². The van der Waals surface area contributed by atoms with Gasteiger partial charge in [-0.3, -0.25) is 4.90 Å². The Kier molecular flexibility index (Phi) is 7.58. The molecule has 122 valence electrons. The van der Waals surface area contributed by atoms with Crippen molar-refractivity contribution >= 4 is 0 Å². The molecule has 1 unspecified atom stereocenters. The Morgan fingerprint density at radius 3 is 1.87 bits per heavy atom. The molecular weight excluding hydrogens is 282 g/mol. The largest absolute Gasteiger partial charge is 0.392 e. The summed E-state index contributed by atoms with van der Waals surface area (Å²) in [6.45, 7) is 4.14. The molecule has 0 aliphatic heterocycles. The summed E-state index contributed by atoms with van der Waals surface area (Å²) in [5.41, 5.74) is 2.64. The number of hydrogen-bond acceptors (Lipinski definition) is 2. The number of benzene rings is 2. The van der Waals surface area contributed by atoms with Crippen molar-refractivity contribution in [3.05, 3.63) is 83.9 Å². The number of aliphatic hydroxyl groups is 1. The zero-order chi connectivity index (χ0) is 16.3. The minimum atomic E-state index is 0.102. The lowest BCUT2D eigenvalue weighted by molar-refractivity contribution is 0.200. The van der Waals surface area contributed by atoms with Crippen LogP contribution in [0, 0.1) is 0 Å². The minimum absolute atomic E-state index is 0.102. The standard InChI is InChI=1S/C21H27NO/c1-2-10-21(15-9-16-23)22(17-19-11-5-3-6-12-19)18-20-13-7-4-8-14-20/h3-9,11-15,21,23H,2,10,16-18H2,1H3/b15-9+. The number of rotatable bonds is 9. The van der Waals surface area contributed by atoms with E-state index in [1.54, 1.807) is 0 Å².